The normalized spacial score (nSPS) is 20.9. The number of aromatic amines is 2. The standard InChI is InChI=1S/C49H56F2N8O8S/c1-25(2)40(57-47(63)67-6)45(61)58(24-48(4)16-17-48)26(3)42-52-22-38(55-42)29-10-14-33-32-13-9-27(19-34(32)49(50,51)35(33)20-29)28-11-15-36-37(21-28)54-43(53-36)41-30-8-12-31(18-30)59(41)44(60)39(23-68(7,64)65)56-46(62)66-5/h9-11,13-15,19-22,25-26,30-31,39-41H,8,12,16-18,23-24H2,1-7H3,(H,52,55)(H,53,54)(H,56,62)(H,57,63)/t26-,30-,31+,39-,40-,41-/m0/s1. The molecule has 68 heavy (non-hydrogen) atoms. The summed E-state index contributed by atoms with van der Waals surface area (Å²) in [5, 5.41) is 5.10. The second kappa shape index (κ2) is 17.3. The Hall–Kier alpha value is -6.37. The lowest BCUT2D eigenvalue weighted by Gasteiger charge is -2.36. The number of sulfone groups is 1. The molecule has 3 aromatic carbocycles. The number of aromatic nitrogens is 4. The molecule has 2 bridgehead atoms. The van der Waals surface area contributed by atoms with Gasteiger partial charge in [-0.25, -0.2) is 28.0 Å². The van der Waals surface area contributed by atoms with Crippen molar-refractivity contribution in [2.24, 2.45) is 17.3 Å². The van der Waals surface area contributed by atoms with Crippen LogP contribution in [0.15, 0.2) is 60.8 Å². The van der Waals surface area contributed by atoms with Gasteiger partial charge in [0.25, 0.3) is 5.92 Å². The number of nitrogens with one attached hydrogen (secondary N) is 4. The van der Waals surface area contributed by atoms with Crippen LogP contribution in [0.4, 0.5) is 18.4 Å². The van der Waals surface area contributed by atoms with Crippen LogP contribution in [0.25, 0.3) is 44.5 Å². The maximum atomic E-state index is 16.7. The SMILES string of the molecule is COC(=O)N[C@@H](CS(C)(=O)=O)C(=O)N1[C@@H]2CC[C@@H](C2)[C@H]1c1nc2ccc(-c3ccc4c(c3)C(F)(F)c3cc(-c5cnc([C@H](C)N(CC6(C)CC6)C(=O)[C@@H](NC(=O)OC)C(C)C)[nH]5)ccc3-4)cc2[nH]1. The van der Waals surface area contributed by atoms with Gasteiger partial charge in [-0.15, -0.1) is 0 Å². The number of amides is 4. The van der Waals surface area contributed by atoms with Gasteiger partial charge in [0.1, 0.15) is 33.6 Å². The minimum Gasteiger partial charge on any atom is -0.453 e. The monoisotopic (exact) mass is 954 g/mol. The molecule has 0 radical (unpaired) electrons. The first kappa shape index (κ1) is 46.7. The van der Waals surface area contributed by atoms with Gasteiger partial charge in [0.15, 0.2) is 0 Å². The quantitative estimate of drug-likeness (QED) is 0.0856. The van der Waals surface area contributed by atoms with E-state index in [4.69, 9.17) is 14.5 Å². The van der Waals surface area contributed by atoms with Gasteiger partial charge in [-0.1, -0.05) is 51.1 Å². The zero-order valence-corrected chi connectivity index (χ0v) is 39.8. The van der Waals surface area contributed by atoms with E-state index in [1.807, 2.05) is 39.0 Å². The molecule has 2 aromatic heterocycles. The van der Waals surface area contributed by atoms with E-state index in [0.717, 1.165) is 39.0 Å². The van der Waals surface area contributed by atoms with Crippen LogP contribution in [0, 0.1) is 17.3 Å². The van der Waals surface area contributed by atoms with E-state index >= 15 is 8.78 Å². The lowest BCUT2D eigenvalue weighted by molar-refractivity contribution is -0.138. The first-order chi connectivity index (χ1) is 32.2. The Labute approximate surface area is 392 Å². The second-order valence-corrected chi connectivity index (χ2v) is 21.8. The molecule has 4 aliphatic rings. The number of fused-ring (bicyclic) bond motifs is 6. The Balaban J connectivity index is 0.957. The van der Waals surface area contributed by atoms with E-state index in [1.54, 1.807) is 40.3 Å². The summed E-state index contributed by atoms with van der Waals surface area (Å²) in [6, 6.07) is 12.1. The van der Waals surface area contributed by atoms with Gasteiger partial charge in [0.05, 0.1) is 55.0 Å². The van der Waals surface area contributed by atoms with Gasteiger partial charge in [-0.2, -0.15) is 8.78 Å². The van der Waals surface area contributed by atoms with Crippen LogP contribution in [0.5, 0.6) is 0 Å². The molecule has 3 aliphatic carbocycles. The maximum Gasteiger partial charge on any atom is 0.407 e. The third-order valence-electron chi connectivity index (χ3n) is 14.3. The van der Waals surface area contributed by atoms with Gasteiger partial charge >= 0.3 is 12.2 Å². The van der Waals surface area contributed by atoms with Crippen LogP contribution in [0.1, 0.15) is 94.7 Å². The predicted octanol–water partition coefficient (Wildman–Crippen LogP) is 7.63. The molecule has 4 N–H and O–H groups in total. The Morgan fingerprint density at radius 1 is 0.897 bits per heavy atom. The molecule has 3 heterocycles. The molecule has 2 saturated carbocycles. The summed E-state index contributed by atoms with van der Waals surface area (Å²) in [5.74, 6) is -3.89. The fourth-order valence-electron chi connectivity index (χ4n) is 10.3. The molecule has 5 aromatic rings. The first-order valence-corrected chi connectivity index (χ1v) is 25.0. The van der Waals surface area contributed by atoms with Crippen LogP contribution in [0.3, 0.4) is 0 Å². The number of carbonyl (C=O) groups excluding carboxylic acids is 4. The number of benzene rings is 3. The van der Waals surface area contributed by atoms with Crippen molar-refractivity contribution in [3.63, 3.8) is 0 Å². The number of nitrogens with zero attached hydrogens (tertiary/aromatic N) is 4. The van der Waals surface area contributed by atoms with Crippen molar-refractivity contribution in [1.29, 1.82) is 0 Å². The molecular formula is C49H56F2N8O8S. The largest absolute Gasteiger partial charge is 0.453 e. The summed E-state index contributed by atoms with van der Waals surface area (Å²) in [6.07, 6.45) is 5.18. The van der Waals surface area contributed by atoms with Gasteiger partial charge in [-0.05, 0) is 103 Å². The highest BCUT2D eigenvalue weighted by Gasteiger charge is 2.52. The van der Waals surface area contributed by atoms with Gasteiger partial charge < -0.3 is 39.9 Å². The Morgan fingerprint density at radius 2 is 1.53 bits per heavy atom. The zero-order valence-electron chi connectivity index (χ0n) is 39.0. The van der Waals surface area contributed by atoms with E-state index in [1.165, 1.54) is 19.2 Å². The zero-order chi connectivity index (χ0) is 48.6. The number of rotatable bonds is 14. The maximum absolute atomic E-state index is 16.7. The molecule has 16 nitrogen and oxygen atoms in total. The highest BCUT2D eigenvalue weighted by atomic mass is 32.2. The molecule has 360 valence electrons. The molecule has 4 amide bonds. The van der Waals surface area contributed by atoms with Gasteiger partial charge in [0.2, 0.25) is 11.8 Å². The second-order valence-electron chi connectivity index (χ2n) is 19.6. The molecule has 0 unspecified atom stereocenters. The van der Waals surface area contributed by atoms with Crippen molar-refractivity contribution in [1.82, 2.24) is 40.4 Å². The lowest BCUT2D eigenvalue weighted by Crippen LogP contribution is -2.54. The molecule has 19 heteroatoms. The number of methoxy groups -OCH3 is 2. The Bertz CT molecular complexity index is 2950. The number of likely N-dealkylation sites (tertiary alicyclic amines) is 1. The average molecular weight is 955 g/mol. The highest BCUT2D eigenvalue weighted by Crippen LogP contribution is 2.54. The number of hydrogen-bond acceptors (Lipinski definition) is 10. The topological polar surface area (TPSA) is 209 Å². The summed E-state index contributed by atoms with van der Waals surface area (Å²) in [4.78, 5) is 72.1. The van der Waals surface area contributed by atoms with E-state index in [0.29, 0.717) is 69.2 Å². The number of hydrogen-bond donors (Lipinski definition) is 4. The van der Waals surface area contributed by atoms with Crippen molar-refractivity contribution in [3.8, 4) is 33.5 Å². The van der Waals surface area contributed by atoms with E-state index in [2.05, 4.69) is 32.5 Å². The summed E-state index contributed by atoms with van der Waals surface area (Å²) in [7, 11) is -1.28. The highest BCUT2D eigenvalue weighted by molar-refractivity contribution is 7.90. The van der Waals surface area contributed by atoms with E-state index < -0.39 is 63.8 Å². The summed E-state index contributed by atoms with van der Waals surface area (Å²) in [6.45, 7) is 8.13. The van der Waals surface area contributed by atoms with Gasteiger partial charge in [0, 0.05) is 35.5 Å². The van der Waals surface area contributed by atoms with Crippen LogP contribution >= 0.6 is 0 Å². The average Bonchev–Trinajstić information content (AvgIpc) is 3.89. The fourth-order valence-corrected chi connectivity index (χ4v) is 11.2. The third kappa shape index (κ3) is 8.68. The lowest BCUT2D eigenvalue weighted by atomic mass is 9.97. The van der Waals surface area contributed by atoms with Crippen molar-refractivity contribution >= 4 is 44.9 Å². The molecule has 9 rings (SSSR count). The van der Waals surface area contributed by atoms with Crippen LogP contribution < -0.4 is 10.6 Å². The molecule has 1 aliphatic heterocycles. The number of carbonyl (C=O) groups is 4. The summed E-state index contributed by atoms with van der Waals surface area (Å²) < 4.78 is 67.5. The number of halogens is 2. The molecular weight excluding hydrogens is 899 g/mol. The van der Waals surface area contributed by atoms with E-state index in [-0.39, 0.29) is 40.3 Å². The number of H-pyrrole nitrogens is 2. The minimum atomic E-state index is -3.67. The third-order valence-corrected chi connectivity index (χ3v) is 15.2. The smallest absolute Gasteiger partial charge is 0.407 e. The van der Waals surface area contributed by atoms with Gasteiger partial charge in [-0.3, -0.25) is 9.59 Å². The van der Waals surface area contributed by atoms with Crippen molar-refractivity contribution in [2.75, 3.05) is 32.8 Å². The number of alkyl halides is 2. The fraction of sp³-hybridized carbons (Fsp3) is 0.469. The minimum absolute atomic E-state index is 0.0588. The molecule has 6 atom stereocenters. The molecule has 3 fully saturated rings. The van der Waals surface area contributed by atoms with Crippen molar-refractivity contribution < 1.29 is 45.9 Å². The summed E-state index contributed by atoms with van der Waals surface area (Å²) in [5.41, 5.74) is 3.99. The van der Waals surface area contributed by atoms with Crippen LogP contribution in [-0.4, -0.2) is 113 Å². The Morgan fingerprint density at radius 3 is 2.18 bits per heavy atom. The number of imidazole rings is 2. The predicted molar refractivity (Wildman–Crippen MR) is 249 cm³/mol. The van der Waals surface area contributed by atoms with Crippen molar-refractivity contribution in [2.45, 2.75) is 95.9 Å². The van der Waals surface area contributed by atoms with Crippen molar-refractivity contribution in [3.05, 3.63) is 83.6 Å². The number of piperidine rings is 1. The number of alkyl carbamates (subject to hydrolysis) is 2. The number of ether oxygens (including phenoxy) is 2. The van der Waals surface area contributed by atoms with E-state index in [9.17, 15) is 27.6 Å². The molecule has 1 saturated heterocycles. The van der Waals surface area contributed by atoms with Crippen LogP contribution in [-0.2, 0) is 34.8 Å². The van der Waals surface area contributed by atoms with Crippen LogP contribution in [0.2, 0.25) is 0 Å². The first-order valence-electron chi connectivity index (χ1n) is 22.9. The molecule has 0 spiro atoms. The summed E-state index contributed by atoms with van der Waals surface area (Å²) >= 11 is 0. The Kier molecular flexibility index (Phi) is 11.9.